The van der Waals surface area contributed by atoms with Gasteiger partial charge in [0, 0.05) is 23.3 Å². The van der Waals surface area contributed by atoms with E-state index in [1.54, 1.807) is 6.07 Å². The monoisotopic (exact) mass is 380 g/mol. The Morgan fingerprint density at radius 2 is 2.04 bits per heavy atom. The van der Waals surface area contributed by atoms with Crippen molar-refractivity contribution in [3.05, 3.63) is 36.0 Å². The van der Waals surface area contributed by atoms with E-state index in [1.807, 2.05) is 38.2 Å². The van der Waals surface area contributed by atoms with Crippen LogP contribution in [0.1, 0.15) is 56.3 Å². The van der Waals surface area contributed by atoms with Crippen molar-refractivity contribution in [1.29, 1.82) is 5.26 Å². The number of aromatic nitrogens is 1. The van der Waals surface area contributed by atoms with Gasteiger partial charge in [-0.1, -0.05) is 32.8 Å². The minimum absolute atomic E-state index is 0.128. The molecule has 1 aromatic carbocycles. The van der Waals surface area contributed by atoms with Gasteiger partial charge in [0.1, 0.15) is 6.04 Å². The van der Waals surface area contributed by atoms with E-state index in [0.29, 0.717) is 17.9 Å². The van der Waals surface area contributed by atoms with Gasteiger partial charge in [-0.3, -0.25) is 9.59 Å². The van der Waals surface area contributed by atoms with Crippen LogP contribution in [0.15, 0.2) is 30.5 Å². The Bertz CT molecular complexity index is 880. The zero-order valence-corrected chi connectivity index (χ0v) is 16.5. The molecular weight excluding hydrogens is 352 g/mol. The zero-order chi connectivity index (χ0) is 20.1. The summed E-state index contributed by atoms with van der Waals surface area (Å²) in [5.74, 6) is -0.262. The molecule has 0 radical (unpaired) electrons. The molecule has 6 heteroatoms. The first-order valence-corrected chi connectivity index (χ1v) is 10.1. The van der Waals surface area contributed by atoms with Gasteiger partial charge in [-0.15, -0.1) is 0 Å². The summed E-state index contributed by atoms with van der Waals surface area (Å²) in [7, 11) is 0. The van der Waals surface area contributed by atoms with Crippen LogP contribution < -0.4 is 10.6 Å². The van der Waals surface area contributed by atoms with Crippen molar-refractivity contribution < 1.29 is 9.59 Å². The molecular formula is C22H28N4O2. The Balaban J connectivity index is 1.67. The predicted molar refractivity (Wildman–Crippen MR) is 109 cm³/mol. The topological polar surface area (TPSA) is 97.8 Å². The third-order valence-electron chi connectivity index (χ3n) is 5.42. The van der Waals surface area contributed by atoms with Crippen molar-refractivity contribution in [2.45, 2.75) is 58.0 Å². The van der Waals surface area contributed by atoms with Crippen molar-refractivity contribution in [2.24, 2.45) is 11.8 Å². The van der Waals surface area contributed by atoms with Gasteiger partial charge in [-0.2, -0.15) is 5.26 Å². The number of H-pyrrole nitrogens is 1. The molecule has 2 aromatic rings. The number of nitrogens with zero attached hydrogens (tertiary/aromatic N) is 1. The molecule has 3 rings (SSSR count). The van der Waals surface area contributed by atoms with Crippen LogP contribution in [0.3, 0.4) is 0 Å². The van der Waals surface area contributed by atoms with E-state index >= 15 is 0 Å². The molecule has 0 aliphatic heterocycles. The van der Waals surface area contributed by atoms with E-state index in [2.05, 4.69) is 21.7 Å². The Hall–Kier alpha value is -2.81. The fourth-order valence-corrected chi connectivity index (χ4v) is 3.95. The minimum Gasteiger partial charge on any atom is -0.361 e. The molecule has 1 aromatic heterocycles. The van der Waals surface area contributed by atoms with Crippen LogP contribution in [0, 0.1) is 23.2 Å². The molecule has 1 saturated carbocycles. The van der Waals surface area contributed by atoms with E-state index in [9.17, 15) is 14.9 Å². The van der Waals surface area contributed by atoms with E-state index in [0.717, 1.165) is 36.6 Å². The maximum atomic E-state index is 12.8. The summed E-state index contributed by atoms with van der Waals surface area (Å²) in [4.78, 5) is 28.7. The number of hydrogen-bond donors (Lipinski definition) is 3. The normalized spacial score (nSPS) is 20.5. The largest absolute Gasteiger partial charge is 0.361 e. The molecule has 3 N–H and O–H groups in total. The molecule has 1 heterocycles. The molecule has 0 saturated heterocycles. The van der Waals surface area contributed by atoms with Crippen molar-refractivity contribution in [2.75, 3.05) is 0 Å². The lowest BCUT2D eigenvalue weighted by Crippen LogP contribution is -2.50. The van der Waals surface area contributed by atoms with Crippen molar-refractivity contribution in [3.8, 4) is 6.07 Å². The number of fused-ring (bicyclic) bond motifs is 1. The summed E-state index contributed by atoms with van der Waals surface area (Å²) >= 11 is 0. The Kier molecular flexibility index (Phi) is 6.35. The summed E-state index contributed by atoms with van der Waals surface area (Å²) in [6.07, 6.45) is 5.92. The highest BCUT2D eigenvalue weighted by Crippen LogP contribution is 2.26. The highest BCUT2D eigenvalue weighted by Gasteiger charge is 2.33. The molecule has 0 spiro atoms. The number of aromatic amines is 1. The number of nitrogens with one attached hydrogen (secondary N) is 3. The molecule has 28 heavy (non-hydrogen) atoms. The van der Waals surface area contributed by atoms with E-state index < -0.39 is 6.04 Å². The molecule has 0 unspecified atom stereocenters. The first-order chi connectivity index (χ1) is 13.5. The maximum absolute atomic E-state index is 12.8. The number of nitriles is 1. The molecule has 0 bridgehead atoms. The third kappa shape index (κ3) is 4.72. The van der Waals surface area contributed by atoms with Gasteiger partial charge in [0.15, 0.2) is 0 Å². The Labute approximate surface area is 165 Å². The van der Waals surface area contributed by atoms with E-state index in [4.69, 9.17) is 0 Å². The third-order valence-corrected chi connectivity index (χ3v) is 5.42. The summed E-state index contributed by atoms with van der Waals surface area (Å²) in [5, 5.41) is 16.3. The summed E-state index contributed by atoms with van der Waals surface area (Å²) in [6.45, 7) is 4.06. The van der Waals surface area contributed by atoms with E-state index in [1.165, 1.54) is 0 Å². The summed E-state index contributed by atoms with van der Waals surface area (Å²) < 4.78 is 0. The van der Waals surface area contributed by atoms with Crippen LogP contribution in [0.25, 0.3) is 10.9 Å². The van der Waals surface area contributed by atoms with Crippen LogP contribution in [0.5, 0.6) is 0 Å². The van der Waals surface area contributed by atoms with Gasteiger partial charge in [0.25, 0.3) is 5.91 Å². The average Bonchev–Trinajstić information content (AvgIpc) is 3.15. The van der Waals surface area contributed by atoms with Crippen LogP contribution >= 0.6 is 0 Å². The second-order valence-electron chi connectivity index (χ2n) is 8.07. The van der Waals surface area contributed by atoms with Crippen molar-refractivity contribution >= 4 is 22.7 Å². The summed E-state index contributed by atoms with van der Waals surface area (Å²) in [5.41, 5.74) is 1.49. The van der Waals surface area contributed by atoms with Gasteiger partial charge in [0.2, 0.25) is 5.91 Å². The van der Waals surface area contributed by atoms with Crippen LogP contribution in [-0.2, 0) is 4.79 Å². The van der Waals surface area contributed by atoms with Crippen LogP contribution in [0.4, 0.5) is 0 Å². The number of carbonyl (C=O) groups is 2. The van der Waals surface area contributed by atoms with Crippen molar-refractivity contribution in [1.82, 2.24) is 15.6 Å². The lowest BCUT2D eigenvalue weighted by atomic mass is 9.83. The standard InChI is InChI=1S/C22H28N4O2/c1-14(2)11-17(13-23)25-22(28)18-5-3-4-6-19(18)26-21(27)16-8-7-15-9-10-24-20(15)12-16/h7-10,12,14,17-19,24H,3-6,11H2,1-2H3,(H,25,28)(H,26,27)/t17-,18+,19-/m0/s1. The molecule has 2 amide bonds. The first-order valence-electron chi connectivity index (χ1n) is 10.1. The second-order valence-corrected chi connectivity index (χ2v) is 8.07. The summed E-state index contributed by atoms with van der Waals surface area (Å²) in [6, 6.07) is 8.99. The molecule has 3 atom stereocenters. The average molecular weight is 380 g/mol. The lowest BCUT2D eigenvalue weighted by Gasteiger charge is -2.32. The fraction of sp³-hybridized carbons (Fsp3) is 0.500. The van der Waals surface area contributed by atoms with Gasteiger partial charge >= 0.3 is 0 Å². The predicted octanol–water partition coefficient (Wildman–Crippen LogP) is 3.51. The first kappa shape index (κ1) is 19.9. The van der Waals surface area contributed by atoms with Crippen LogP contribution in [0.2, 0.25) is 0 Å². The Morgan fingerprint density at radius 3 is 2.79 bits per heavy atom. The lowest BCUT2D eigenvalue weighted by molar-refractivity contribution is -0.127. The van der Waals surface area contributed by atoms with Gasteiger partial charge in [0.05, 0.1) is 12.0 Å². The van der Waals surface area contributed by atoms with Gasteiger partial charge in [-0.05, 0) is 48.8 Å². The quantitative estimate of drug-likeness (QED) is 0.715. The maximum Gasteiger partial charge on any atom is 0.251 e. The van der Waals surface area contributed by atoms with Crippen LogP contribution in [-0.4, -0.2) is 28.9 Å². The number of rotatable bonds is 6. The number of benzene rings is 1. The molecule has 1 fully saturated rings. The number of carbonyl (C=O) groups excluding carboxylic acids is 2. The molecule has 1 aliphatic carbocycles. The minimum atomic E-state index is -0.485. The smallest absolute Gasteiger partial charge is 0.251 e. The van der Waals surface area contributed by atoms with Gasteiger partial charge in [-0.25, -0.2) is 0 Å². The molecule has 1 aliphatic rings. The highest BCUT2D eigenvalue weighted by atomic mass is 16.2. The van der Waals surface area contributed by atoms with Gasteiger partial charge < -0.3 is 15.6 Å². The Morgan fingerprint density at radius 1 is 1.25 bits per heavy atom. The van der Waals surface area contributed by atoms with E-state index in [-0.39, 0.29) is 23.8 Å². The highest BCUT2D eigenvalue weighted by molar-refractivity contribution is 5.98. The molecule has 6 nitrogen and oxygen atoms in total. The fourth-order valence-electron chi connectivity index (χ4n) is 3.95. The zero-order valence-electron chi connectivity index (χ0n) is 16.5. The molecule has 148 valence electrons. The van der Waals surface area contributed by atoms with Crippen molar-refractivity contribution in [3.63, 3.8) is 0 Å². The second kappa shape index (κ2) is 8.92. The number of amides is 2. The number of hydrogen-bond acceptors (Lipinski definition) is 3. The SMILES string of the molecule is CC(C)C[C@@H](C#N)NC(=O)[C@@H]1CCCC[C@@H]1NC(=O)c1ccc2cc[nH]c2c1.